The van der Waals surface area contributed by atoms with Crippen LogP contribution in [0.15, 0.2) is 54.6 Å². The van der Waals surface area contributed by atoms with Crippen molar-refractivity contribution in [2.24, 2.45) is 5.92 Å². The topological polar surface area (TPSA) is 41.1 Å². The largest absolute Gasteiger partial charge is 0.326 e. The molecule has 0 aromatic heterocycles. The first-order chi connectivity index (χ1) is 10.8. The first-order valence-corrected chi connectivity index (χ1v) is 7.96. The summed E-state index contributed by atoms with van der Waals surface area (Å²) in [4.78, 5) is 12.4. The quantitative estimate of drug-likeness (QED) is 0.898. The fourth-order valence-electron chi connectivity index (χ4n) is 2.92. The highest BCUT2D eigenvalue weighted by Gasteiger charge is 2.21. The van der Waals surface area contributed by atoms with Gasteiger partial charge in [0.2, 0.25) is 5.91 Å². The molecule has 1 heterocycles. The lowest BCUT2D eigenvalue weighted by molar-refractivity contribution is -0.120. The van der Waals surface area contributed by atoms with Crippen molar-refractivity contribution in [2.75, 3.05) is 18.4 Å². The summed E-state index contributed by atoms with van der Waals surface area (Å²) in [5, 5.41) is 6.42. The molecule has 0 spiro atoms. The Balaban J connectivity index is 0.00000192. The Morgan fingerprint density at radius 1 is 1.09 bits per heavy atom. The van der Waals surface area contributed by atoms with Gasteiger partial charge in [0.25, 0.3) is 0 Å². The molecule has 3 nitrogen and oxygen atoms in total. The highest BCUT2D eigenvalue weighted by molar-refractivity contribution is 5.93. The van der Waals surface area contributed by atoms with Crippen LogP contribution >= 0.6 is 12.4 Å². The van der Waals surface area contributed by atoms with Gasteiger partial charge in [-0.1, -0.05) is 48.5 Å². The van der Waals surface area contributed by atoms with Gasteiger partial charge in [0, 0.05) is 12.2 Å². The number of rotatable bonds is 4. The minimum absolute atomic E-state index is 0. The summed E-state index contributed by atoms with van der Waals surface area (Å²) in [5.74, 6) is 0.214. The van der Waals surface area contributed by atoms with E-state index in [2.05, 4.69) is 28.8 Å². The van der Waals surface area contributed by atoms with Crippen LogP contribution in [-0.2, 0) is 11.2 Å². The number of benzene rings is 2. The van der Waals surface area contributed by atoms with Gasteiger partial charge >= 0.3 is 0 Å². The normalized spacial score (nSPS) is 17.1. The molecule has 0 radical (unpaired) electrons. The first-order valence-electron chi connectivity index (χ1n) is 7.96. The van der Waals surface area contributed by atoms with Crippen LogP contribution in [0.5, 0.6) is 0 Å². The molecule has 0 saturated carbocycles. The molecule has 0 bridgehead atoms. The molecule has 0 aliphatic carbocycles. The number of anilines is 1. The Morgan fingerprint density at radius 3 is 2.57 bits per heavy atom. The molecule has 23 heavy (non-hydrogen) atoms. The van der Waals surface area contributed by atoms with E-state index in [0.717, 1.165) is 43.6 Å². The summed E-state index contributed by atoms with van der Waals surface area (Å²) < 4.78 is 0. The smallest absolute Gasteiger partial charge is 0.228 e. The summed E-state index contributed by atoms with van der Waals surface area (Å²) in [6.45, 7) is 1.81. The molecule has 1 aliphatic heterocycles. The number of halogens is 1. The van der Waals surface area contributed by atoms with Gasteiger partial charge in [0.1, 0.15) is 0 Å². The number of hydrogen-bond acceptors (Lipinski definition) is 2. The van der Waals surface area contributed by atoms with Crippen LogP contribution < -0.4 is 10.6 Å². The summed E-state index contributed by atoms with van der Waals surface area (Å²) in [7, 11) is 0. The molecule has 1 atom stereocenters. The summed E-state index contributed by atoms with van der Waals surface area (Å²) in [6, 6.07) is 18.4. The zero-order chi connectivity index (χ0) is 15.2. The molecule has 1 fully saturated rings. The summed E-state index contributed by atoms with van der Waals surface area (Å²) in [5.41, 5.74) is 3.34. The Kier molecular flexibility index (Phi) is 6.63. The van der Waals surface area contributed by atoms with Crippen molar-refractivity contribution in [2.45, 2.75) is 19.3 Å². The minimum atomic E-state index is 0. The van der Waals surface area contributed by atoms with E-state index in [4.69, 9.17) is 0 Å². The fourth-order valence-corrected chi connectivity index (χ4v) is 2.92. The van der Waals surface area contributed by atoms with Crippen LogP contribution in [0.4, 0.5) is 5.69 Å². The van der Waals surface area contributed by atoms with Crippen molar-refractivity contribution in [1.29, 1.82) is 0 Å². The van der Waals surface area contributed by atoms with Crippen LogP contribution in [0.2, 0.25) is 0 Å². The summed E-state index contributed by atoms with van der Waals surface area (Å²) in [6.07, 6.45) is 2.88. The number of piperidine rings is 1. The monoisotopic (exact) mass is 330 g/mol. The number of carbonyl (C=O) groups is 1. The number of para-hydroxylation sites is 1. The van der Waals surface area contributed by atoms with Crippen molar-refractivity contribution >= 4 is 24.0 Å². The zero-order valence-corrected chi connectivity index (χ0v) is 13.9. The van der Waals surface area contributed by atoms with Gasteiger partial charge < -0.3 is 10.6 Å². The molecule has 1 aliphatic rings. The van der Waals surface area contributed by atoms with Gasteiger partial charge in [-0.15, -0.1) is 12.4 Å². The van der Waals surface area contributed by atoms with E-state index < -0.39 is 0 Å². The maximum atomic E-state index is 12.4. The number of carbonyl (C=O) groups excluding carboxylic acids is 1. The Bertz CT molecular complexity index is 624. The van der Waals surface area contributed by atoms with Crippen molar-refractivity contribution in [3.63, 3.8) is 0 Å². The molecule has 2 aromatic carbocycles. The third-order valence-electron chi connectivity index (χ3n) is 4.18. The SMILES string of the molecule is Cl.O=C(Nc1ccccc1Cc1ccccc1)C1CCCNC1. The highest BCUT2D eigenvalue weighted by atomic mass is 35.5. The van der Waals surface area contributed by atoms with Crippen molar-refractivity contribution in [1.82, 2.24) is 5.32 Å². The first kappa shape index (κ1) is 17.5. The van der Waals surface area contributed by atoms with E-state index >= 15 is 0 Å². The number of hydrogen-bond donors (Lipinski definition) is 2. The van der Waals surface area contributed by atoms with E-state index in [1.807, 2.05) is 36.4 Å². The van der Waals surface area contributed by atoms with Crippen LogP contribution in [-0.4, -0.2) is 19.0 Å². The molecular weight excluding hydrogens is 308 g/mol. The minimum Gasteiger partial charge on any atom is -0.326 e. The average Bonchev–Trinajstić information content (AvgIpc) is 2.58. The average molecular weight is 331 g/mol. The molecule has 1 unspecified atom stereocenters. The van der Waals surface area contributed by atoms with E-state index in [9.17, 15) is 4.79 Å². The van der Waals surface area contributed by atoms with E-state index in [-0.39, 0.29) is 24.2 Å². The van der Waals surface area contributed by atoms with Gasteiger partial charge in [0.15, 0.2) is 0 Å². The number of amides is 1. The van der Waals surface area contributed by atoms with Crippen molar-refractivity contribution < 1.29 is 4.79 Å². The van der Waals surface area contributed by atoms with E-state index in [0.29, 0.717) is 0 Å². The maximum Gasteiger partial charge on any atom is 0.228 e. The molecule has 2 N–H and O–H groups in total. The van der Waals surface area contributed by atoms with Crippen molar-refractivity contribution in [3.05, 3.63) is 65.7 Å². The predicted molar refractivity (Wildman–Crippen MR) is 97.2 cm³/mol. The van der Waals surface area contributed by atoms with Gasteiger partial charge in [0.05, 0.1) is 5.92 Å². The second kappa shape index (κ2) is 8.70. The molecular formula is C19H23ClN2O. The second-order valence-electron chi connectivity index (χ2n) is 5.85. The lowest BCUT2D eigenvalue weighted by atomic mass is 9.98. The van der Waals surface area contributed by atoms with Crippen molar-refractivity contribution in [3.8, 4) is 0 Å². The standard InChI is InChI=1S/C19H22N2O.ClH/c22-19(17-10-6-12-20-14-17)21-18-11-5-4-9-16(18)13-15-7-2-1-3-8-15;/h1-5,7-9,11,17,20H,6,10,12-14H2,(H,21,22);1H. The van der Waals surface area contributed by atoms with E-state index in [1.165, 1.54) is 5.56 Å². The third-order valence-corrected chi connectivity index (χ3v) is 4.18. The van der Waals surface area contributed by atoms with Gasteiger partial charge in [-0.2, -0.15) is 0 Å². The molecule has 4 heteroatoms. The van der Waals surface area contributed by atoms with E-state index in [1.54, 1.807) is 0 Å². The lowest BCUT2D eigenvalue weighted by Crippen LogP contribution is -2.37. The Labute approximate surface area is 143 Å². The molecule has 2 aromatic rings. The molecule has 122 valence electrons. The third kappa shape index (κ3) is 4.81. The maximum absolute atomic E-state index is 12.4. The second-order valence-corrected chi connectivity index (χ2v) is 5.85. The van der Waals surface area contributed by atoms with Crippen LogP contribution in [0, 0.1) is 5.92 Å². The van der Waals surface area contributed by atoms with Gasteiger partial charge in [-0.05, 0) is 43.0 Å². The molecule has 1 amide bonds. The Hall–Kier alpha value is -1.84. The van der Waals surface area contributed by atoms with Crippen LogP contribution in [0.3, 0.4) is 0 Å². The summed E-state index contributed by atoms with van der Waals surface area (Å²) >= 11 is 0. The van der Waals surface area contributed by atoms with Crippen LogP contribution in [0.1, 0.15) is 24.0 Å². The lowest BCUT2D eigenvalue weighted by Gasteiger charge is -2.22. The molecule has 3 rings (SSSR count). The fraction of sp³-hybridized carbons (Fsp3) is 0.316. The number of nitrogens with one attached hydrogen (secondary N) is 2. The van der Waals surface area contributed by atoms with Gasteiger partial charge in [-0.3, -0.25) is 4.79 Å². The highest BCUT2D eigenvalue weighted by Crippen LogP contribution is 2.21. The molecule has 1 saturated heterocycles. The Morgan fingerprint density at radius 2 is 1.83 bits per heavy atom. The zero-order valence-electron chi connectivity index (χ0n) is 13.1. The predicted octanol–water partition coefficient (Wildman–Crippen LogP) is 3.64. The van der Waals surface area contributed by atoms with Gasteiger partial charge in [-0.25, -0.2) is 0 Å². The van der Waals surface area contributed by atoms with Crippen LogP contribution in [0.25, 0.3) is 0 Å².